The Kier molecular flexibility index (Phi) is 2.06. The SMILES string of the molecule is CC[C@@H](N)c1ccc(F)o1. The van der Waals surface area contributed by atoms with E-state index in [1.807, 2.05) is 6.92 Å². The molecule has 2 N–H and O–H groups in total. The molecule has 1 atom stereocenters. The first-order chi connectivity index (χ1) is 4.74. The molecule has 56 valence electrons. The van der Waals surface area contributed by atoms with E-state index in [-0.39, 0.29) is 6.04 Å². The summed E-state index contributed by atoms with van der Waals surface area (Å²) in [5.41, 5.74) is 5.55. The van der Waals surface area contributed by atoms with Gasteiger partial charge in [0.15, 0.2) is 0 Å². The first-order valence-corrected chi connectivity index (χ1v) is 3.25. The zero-order valence-electron chi connectivity index (χ0n) is 5.80. The van der Waals surface area contributed by atoms with Crippen LogP contribution in [0.25, 0.3) is 0 Å². The minimum absolute atomic E-state index is 0.176. The lowest BCUT2D eigenvalue weighted by Gasteiger charge is -2.01. The fraction of sp³-hybridized carbons (Fsp3) is 0.429. The van der Waals surface area contributed by atoms with Crippen LogP contribution in [-0.2, 0) is 0 Å². The monoisotopic (exact) mass is 143 g/mol. The Hall–Kier alpha value is -0.830. The molecule has 0 aliphatic heterocycles. The summed E-state index contributed by atoms with van der Waals surface area (Å²) < 4.78 is 16.8. The van der Waals surface area contributed by atoms with Crippen molar-refractivity contribution in [2.45, 2.75) is 19.4 Å². The average Bonchev–Trinajstić information content (AvgIpc) is 2.34. The third-order valence-corrected chi connectivity index (χ3v) is 1.40. The van der Waals surface area contributed by atoms with Gasteiger partial charge in [-0.1, -0.05) is 6.92 Å². The summed E-state index contributed by atoms with van der Waals surface area (Å²) >= 11 is 0. The van der Waals surface area contributed by atoms with E-state index >= 15 is 0 Å². The molecule has 3 heteroatoms. The molecule has 0 saturated heterocycles. The second-order valence-electron chi connectivity index (χ2n) is 2.16. The largest absolute Gasteiger partial charge is 0.435 e. The molecule has 0 fully saturated rings. The van der Waals surface area contributed by atoms with E-state index in [1.54, 1.807) is 6.07 Å². The normalized spacial score (nSPS) is 13.5. The summed E-state index contributed by atoms with van der Waals surface area (Å²) in [6.07, 6.45) is 0.757. The summed E-state index contributed by atoms with van der Waals surface area (Å²) in [5, 5.41) is 0. The summed E-state index contributed by atoms with van der Waals surface area (Å²) in [7, 11) is 0. The second kappa shape index (κ2) is 2.84. The van der Waals surface area contributed by atoms with Gasteiger partial charge in [0, 0.05) is 6.07 Å². The van der Waals surface area contributed by atoms with Crippen molar-refractivity contribution in [2.24, 2.45) is 5.73 Å². The molecule has 1 aromatic heterocycles. The number of nitrogens with two attached hydrogens (primary N) is 1. The summed E-state index contributed by atoms with van der Waals surface area (Å²) in [6, 6.07) is 2.08. The number of furan rings is 1. The molecular weight excluding hydrogens is 133 g/mol. The molecule has 0 aliphatic rings. The Labute approximate surface area is 58.8 Å². The van der Waals surface area contributed by atoms with E-state index in [9.17, 15) is 4.39 Å². The van der Waals surface area contributed by atoms with E-state index in [2.05, 4.69) is 4.42 Å². The predicted molar refractivity (Wildman–Crippen MR) is 35.9 cm³/mol. The Morgan fingerprint density at radius 2 is 2.40 bits per heavy atom. The molecule has 0 unspecified atom stereocenters. The highest BCUT2D eigenvalue weighted by molar-refractivity contribution is 5.03. The Balaban J connectivity index is 2.74. The van der Waals surface area contributed by atoms with Crippen molar-refractivity contribution in [3.63, 3.8) is 0 Å². The molecule has 2 nitrogen and oxygen atoms in total. The Bertz CT molecular complexity index is 209. The van der Waals surface area contributed by atoms with E-state index in [4.69, 9.17) is 5.73 Å². The van der Waals surface area contributed by atoms with Crippen molar-refractivity contribution in [2.75, 3.05) is 0 Å². The second-order valence-corrected chi connectivity index (χ2v) is 2.16. The number of hydrogen-bond donors (Lipinski definition) is 1. The van der Waals surface area contributed by atoms with Gasteiger partial charge in [-0.2, -0.15) is 4.39 Å². The molecule has 1 heterocycles. The molecule has 0 spiro atoms. The van der Waals surface area contributed by atoms with Gasteiger partial charge in [-0.25, -0.2) is 0 Å². The Morgan fingerprint density at radius 3 is 2.80 bits per heavy atom. The standard InChI is InChI=1S/C7H10FNO/c1-2-5(9)6-3-4-7(8)10-6/h3-5H,2,9H2,1H3/t5-/m1/s1. The molecular formula is C7H10FNO. The molecule has 0 aliphatic carbocycles. The first kappa shape index (κ1) is 7.28. The lowest BCUT2D eigenvalue weighted by molar-refractivity contribution is 0.323. The van der Waals surface area contributed by atoms with Gasteiger partial charge < -0.3 is 10.2 Å². The molecule has 1 rings (SSSR count). The van der Waals surface area contributed by atoms with Gasteiger partial charge in [0.1, 0.15) is 5.76 Å². The van der Waals surface area contributed by atoms with Crippen LogP contribution in [-0.4, -0.2) is 0 Å². The fourth-order valence-electron chi connectivity index (χ4n) is 0.729. The molecule has 10 heavy (non-hydrogen) atoms. The van der Waals surface area contributed by atoms with Crippen LogP contribution >= 0.6 is 0 Å². The zero-order chi connectivity index (χ0) is 7.56. The number of rotatable bonds is 2. The van der Waals surface area contributed by atoms with E-state index in [0.717, 1.165) is 6.42 Å². The van der Waals surface area contributed by atoms with E-state index in [1.165, 1.54) is 6.07 Å². The van der Waals surface area contributed by atoms with Gasteiger partial charge in [0.05, 0.1) is 6.04 Å². The summed E-state index contributed by atoms with van der Waals surface area (Å²) in [6.45, 7) is 1.92. The quantitative estimate of drug-likeness (QED) is 0.685. The minimum atomic E-state index is -0.570. The summed E-state index contributed by atoms with van der Waals surface area (Å²) in [5.74, 6) is 0.514. The van der Waals surface area contributed by atoms with Crippen LogP contribution in [0.3, 0.4) is 0 Å². The van der Waals surface area contributed by atoms with Gasteiger partial charge in [0.2, 0.25) is 0 Å². The van der Waals surface area contributed by atoms with Crippen molar-refractivity contribution in [1.29, 1.82) is 0 Å². The van der Waals surface area contributed by atoms with Crippen molar-refractivity contribution in [3.05, 3.63) is 23.9 Å². The highest BCUT2D eigenvalue weighted by Crippen LogP contribution is 2.15. The van der Waals surface area contributed by atoms with E-state index < -0.39 is 6.01 Å². The van der Waals surface area contributed by atoms with Crippen molar-refractivity contribution >= 4 is 0 Å². The van der Waals surface area contributed by atoms with Crippen molar-refractivity contribution in [1.82, 2.24) is 0 Å². The topological polar surface area (TPSA) is 39.2 Å². The highest BCUT2D eigenvalue weighted by Gasteiger charge is 2.07. The van der Waals surface area contributed by atoms with Crippen LogP contribution in [0.4, 0.5) is 4.39 Å². The minimum Gasteiger partial charge on any atom is -0.435 e. The maximum atomic E-state index is 12.2. The van der Waals surface area contributed by atoms with Gasteiger partial charge in [-0.15, -0.1) is 0 Å². The molecule has 0 amide bonds. The van der Waals surface area contributed by atoms with Gasteiger partial charge in [-0.05, 0) is 12.5 Å². The van der Waals surface area contributed by atoms with Crippen LogP contribution in [0.2, 0.25) is 0 Å². The Morgan fingerprint density at radius 1 is 1.70 bits per heavy atom. The number of hydrogen-bond acceptors (Lipinski definition) is 2. The van der Waals surface area contributed by atoms with Gasteiger partial charge in [-0.3, -0.25) is 0 Å². The van der Waals surface area contributed by atoms with Crippen LogP contribution in [0.1, 0.15) is 25.1 Å². The predicted octanol–water partition coefficient (Wildman–Crippen LogP) is 1.83. The van der Waals surface area contributed by atoms with E-state index in [0.29, 0.717) is 5.76 Å². The zero-order valence-corrected chi connectivity index (χ0v) is 5.80. The lowest BCUT2D eigenvalue weighted by atomic mass is 10.2. The third-order valence-electron chi connectivity index (χ3n) is 1.40. The van der Waals surface area contributed by atoms with Crippen molar-refractivity contribution < 1.29 is 8.81 Å². The van der Waals surface area contributed by atoms with Crippen LogP contribution in [0.5, 0.6) is 0 Å². The average molecular weight is 143 g/mol. The third kappa shape index (κ3) is 1.36. The maximum Gasteiger partial charge on any atom is 0.277 e. The molecule has 0 saturated carbocycles. The molecule has 0 radical (unpaired) electrons. The maximum absolute atomic E-state index is 12.2. The highest BCUT2D eigenvalue weighted by atomic mass is 19.1. The summed E-state index contributed by atoms with van der Waals surface area (Å²) in [4.78, 5) is 0. The fourth-order valence-corrected chi connectivity index (χ4v) is 0.729. The van der Waals surface area contributed by atoms with Crippen LogP contribution in [0.15, 0.2) is 16.5 Å². The first-order valence-electron chi connectivity index (χ1n) is 3.25. The van der Waals surface area contributed by atoms with Crippen molar-refractivity contribution in [3.8, 4) is 0 Å². The molecule has 1 aromatic rings. The molecule has 0 aromatic carbocycles. The van der Waals surface area contributed by atoms with Crippen LogP contribution in [0, 0.1) is 6.01 Å². The molecule has 0 bridgehead atoms. The smallest absolute Gasteiger partial charge is 0.277 e. The number of halogens is 1. The van der Waals surface area contributed by atoms with Crippen LogP contribution < -0.4 is 5.73 Å². The van der Waals surface area contributed by atoms with Gasteiger partial charge in [0.25, 0.3) is 6.01 Å². The lowest BCUT2D eigenvalue weighted by Crippen LogP contribution is -2.06. The van der Waals surface area contributed by atoms with Gasteiger partial charge >= 0.3 is 0 Å².